The van der Waals surface area contributed by atoms with Crippen LogP contribution in [0.5, 0.6) is 0 Å². The van der Waals surface area contributed by atoms with Crippen LogP contribution in [0, 0.1) is 0 Å². The second kappa shape index (κ2) is 13.1. The molecule has 158 valence electrons. The van der Waals surface area contributed by atoms with Crippen molar-refractivity contribution in [3.8, 4) is 0 Å². The van der Waals surface area contributed by atoms with Gasteiger partial charge in [-0.3, -0.25) is 9.11 Å². The lowest BCUT2D eigenvalue weighted by molar-refractivity contribution is 0.376. The molecule has 0 aromatic carbocycles. The zero-order valence-electron chi connectivity index (χ0n) is 16.5. The van der Waals surface area contributed by atoms with Crippen LogP contribution < -0.4 is 0 Å². The molecule has 0 amide bonds. The highest BCUT2D eigenvalue weighted by Crippen LogP contribution is 2.32. The molecule has 0 aliphatic carbocycles. The van der Waals surface area contributed by atoms with Crippen molar-refractivity contribution in [1.82, 2.24) is 0 Å². The van der Waals surface area contributed by atoms with Crippen LogP contribution in [0.25, 0.3) is 0 Å². The van der Waals surface area contributed by atoms with E-state index in [0.717, 1.165) is 64.2 Å². The third kappa shape index (κ3) is 11.5. The zero-order chi connectivity index (χ0) is 20.1. The van der Waals surface area contributed by atoms with Crippen molar-refractivity contribution in [3.05, 3.63) is 0 Å². The van der Waals surface area contributed by atoms with E-state index in [1.165, 1.54) is 0 Å². The summed E-state index contributed by atoms with van der Waals surface area (Å²) < 4.78 is 64.2. The lowest BCUT2D eigenvalue weighted by atomic mass is 9.94. The van der Waals surface area contributed by atoms with Crippen LogP contribution >= 0.6 is 0 Å². The highest BCUT2D eigenvalue weighted by atomic mass is 32.2. The summed E-state index contributed by atoms with van der Waals surface area (Å²) in [5, 5.41) is 0. The van der Waals surface area contributed by atoms with Crippen molar-refractivity contribution >= 4 is 20.2 Å². The zero-order valence-corrected chi connectivity index (χ0v) is 18.1. The second-order valence-corrected chi connectivity index (χ2v) is 10.7. The normalized spacial score (nSPS) is 13.2. The molecular formula is C18H38O6S2. The summed E-state index contributed by atoms with van der Waals surface area (Å²) in [6, 6.07) is 0. The number of rotatable bonds is 17. The van der Waals surface area contributed by atoms with Crippen LogP contribution in [0.4, 0.5) is 0 Å². The minimum Gasteiger partial charge on any atom is -0.285 e. The molecule has 0 bridgehead atoms. The van der Waals surface area contributed by atoms with E-state index in [4.69, 9.17) is 0 Å². The predicted molar refractivity (Wildman–Crippen MR) is 107 cm³/mol. The minimum atomic E-state index is -4.59. The van der Waals surface area contributed by atoms with Crippen molar-refractivity contribution in [2.45, 2.75) is 108 Å². The van der Waals surface area contributed by atoms with Gasteiger partial charge in [-0.05, 0) is 12.8 Å². The Bertz CT molecular complexity index is 538. The van der Waals surface area contributed by atoms with Gasteiger partial charge in [-0.1, -0.05) is 90.9 Å². The quantitative estimate of drug-likeness (QED) is 0.256. The number of hydrogen-bond donors (Lipinski definition) is 2. The molecule has 0 fully saturated rings. The van der Waals surface area contributed by atoms with E-state index in [1.807, 2.05) is 0 Å². The number of unbranched alkanes of at least 4 members (excludes halogenated alkanes) is 10. The molecule has 0 atom stereocenters. The van der Waals surface area contributed by atoms with Crippen LogP contribution in [0.3, 0.4) is 0 Å². The Balaban J connectivity index is 4.90. The van der Waals surface area contributed by atoms with Gasteiger partial charge in [0.25, 0.3) is 20.2 Å². The molecule has 0 rings (SSSR count). The molecule has 6 nitrogen and oxygen atoms in total. The van der Waals surface area contributed by atoms with Crippen LogP contribution in [0.2, 0.25) is 0 Å². The Morgan fingerprint density at radius 2 is 0.962 bits per heavy atom. The summed E-state index contributed by atoms with van der Waals surface area (Å²) >= 11 is 0. The van der Waals surface area contributed by atoms with Crippen molar-refractivity contribution in [1.29, 1.82) is 0 Å². The van der Waals surface area contributed by atoms with E-state index in [1.54, 1.807) is 0 Å². The molecule has 0 aromatic rings. The molecule has 2 N–H and O–H groups in total. The second-order valence-electron chi connectivity index (χ2n) is 7.42. The summed E-state index contributed by atoms with van der Waals surface area (Å²) in [4.78, 5) is 0. The Hall–Kier alpha value is -0.180. The SMILES string of the molecule is CCCCCCCCC(CCCCCCCC)(CS(=O)(=O)O)S(=O)(=O)O. The molecular weight excluding hydrogens is 376 g/mol. The van der Waals surface area contributed by atoms with Gasteiger partial charge in [0, 0.05) is 0 Å². The summed E-state index contributed by atoms with van der Waals surface area (Å²) in [5.74, 6) is -0.928. The van der Waals surface area contributed by atoms with Gasteiger partial charge in [-0.2, -0.15) is 16.8 Å². The fourth-order valence-electron chi connectivity index (χ4n) is 3.39. The Kier molecular flexibility index (Phi) is 13.0. The van der Waals surface area contributed by atoms with Gasteiger partial charge in [0.15, 0.2) is 0 Å². The molecule has 0 aliphatic rings. The third-order valence-electron chi connectivity index (χ3n) is 4.96. The van der Waals surface area contributed by atoms with Gasteiger partial charge in [-0.15, -0.1) is 0 Å². The van der Waals surface area contributed by atoms with E-state index < -0.39 is 30.7 Å². The van der Waals surface area contributed by atoms with Gasteiger partial charge >= 0.3 is 0 Å². The average Bonchev–Trinajstić information content (AvgIpc) is 2.51. The minimum absolute atomic E-state index is 0.0622. The maximum atomic E-state index is 12.0. The molecule has 0 radical (unpaired) electrons. The Morgan fingerprint density at radius 3 is 1.27 bits per heavy atom. The van der Waals surface area contributed by atoms with Crippen LogP contribution in [-0.4, -0.2) is 36.4 Å². The first-order chi connectivity index (χ1) is 12.1. The molecule has 0 saturated carbocycles. The van der Waals surface area contributed by atoms with Gasteiger partial charge in [0.2, 0.25) is 0 Å². The summed E-state index contributed by atoms with van der Waals surface area (Å²) in [5.41, 5.74) is 0. The highest BCUT2D eigenvalue weighted by Gasteiger charge is 2.45. The molecule has 0 aromatic heterocycles. The number of hydrogen-bond acceptors (Lipinski definition) is 4. The lowest BCUT2D eigenvalue weighted by Gasteiger charge is -2.29. The lowest BCUT2D eigenvalue weighted by Crippen LogP contribution is -2.44. The average molecular weight is 415 g/mol. The maximum Gasteiger partial charge on any atom is 0.271 e. The monoisotopic (exact) mass is 414 g/mol. The highest BCUT2D eigenvalue weighted by molar-refractivity contribution is 7.90. The van der Waals surface area contributed by atoms with Crippen molar-refractivity contribution in [2.75, 3.05) is 5.75 Å². The summed E-state index contributed by atoms with van der Waals surface area (Å²) in [7, 11) is -9.10. The van der Waals surface area contributed by atoms with Crippen LogP contribution in [0.1, 0.15) is 104 Å². The van der Waals surface area contributed by atoms with Crippen molar-refractivity contribution in [3.63, 3.8) is 0 Å². The first kappa shape index (κ1) is 25.8. The smallest absolute Gasteiger partial charge is 0.271 e. The van der Waals surface area contributed by atoms with Crippen LogP contribution in [-0.2, 0) is 20.2 Å². The summed E-state index contributed by atoms with van der Waals surface area (Å²) in [6.45, 7) is 4.21. The van der Waals surface area contributed by atoms with E-state index in [2.05, 4.69) is 13.8 Å². The topological polar surface area (TPSA) is 109 Å². The van der Waals surface area contributed by atoms with Gasteiger partial charge in [0.1, 0.15) is 4.75 Å². The molecule has 0 heterocycles. The fraction of sp³-hybridized carbons (Fsp3) is 1.00. The molecule has 0 unspecified atom stereocenters. The molecule has 0 aliphatic heterocycles. The molecule has 8 heteroatoms. The first-order valence-corrected chi connectivity index (χ1v) is 13.0. The van der Waals surface area contributed by atoms with E-state index in [0.29, 0.717) is 12.8 Å². The van der Waals surface area contributed by atoms with Crippen LogP contribution in [0.15, 0.2) is 0 Å². The fourth-order valence-corrected chi connectivity index (χ4v) is 6.19. The first-order valence-electron chi connectivity index (χ1n) is 10.00. The van der Waals surface area contributed by atoms with Gasteiger partial charge < -0.3 is 0 Å². The van der Waals surface area contributed by atoms with Gasteiger partial charge in [0.05, 0.1) is 5.75 Å². The standard InChI is InChI=1S/C18H38O6S2/c1-3-5-7-9-11-13-15-18(26(22,23)24,17-25(19,20)21)16-14-12-10-8-6-4-2/h3-17H2,1-2H3,(H,19,20,21)(H,22,23,24). The van der Waals surface area contributed by atoms with E-state index in [9.17, 15) is 25.9 Å². The third-order valence-corrected chi connectivity index (χ3v) is 7.71. The van der Waals surface area contributed by atoms with Crippen molar-refractivity contribution in [2.24, 2.45) is 0 Å². The van der Waals surface area contributed by atoms with E-state index >= 15 is 0 Å². The predicted octanol–water partition coefficient (Wildman–Crippen LogP) is 5.00. The summed E-state index contributed by atoms with van der Waals surface area (Å²) in [6.07, 6.45) is 11.2. The maximum absolute atomic E-state index is 12.0. The van der Waals surface area contributed by atoms with Crippen molar-refractivity contribution < 1.29 is 25.9 Å². The molecule has 0 saturated heterocycles. The molecule has 0 spiro atoms. The Labute approximate surface area is 160 Å². The van der Waals surface area contributed by atoms with E-state index in [-0.39, 0.29) is 12.8 Å². The largest absolute Gasteiger partial charge is 0.285 e. The van der Waals surface area contributed by atoms with Gasteiger partial charge in [-0.25, -0.2) is 0 Å². The Morgan fingerprint density at radius 1 is 0.615 bits per heavy atom. The molecule has 26 heavy (non-hydrogen) atoms.